The third-order valence-electron chi connectivity index (χ3n) is 3.76. The van der Waals surface area contributed by atoms with Crippen LogP contribution in [0.1, 0.15) is 25.3 Å². The van der Waals surface area contributed by atoms with E-state index in [0.29, 0.717) is 11.6 Å². The van der Waals surface area contributed by atoms with Crippen LogP contribution in [0.3, 0.4) is 0 Å². The summed E-state index contributed by atoms with van der Waals surface area (Å²) >= 11 is 6.06. The van der Waals surface area contributed by atoms with Gasteiger partial charge in [0.2, 0.25) is 0 Å². The summed E-state index contributed by atoms with van der Waals surface area (Å²) < 4.78 is 10.5. The van der Waals surface area contributed by atoms with Crippen molar-refractivity contribution < 1.29 is 14.3 Å². The number of rotatable bonds is 5. The fourth-order valence-electron chi connectivity index (χ4n) is 2.76. The van der Waals surface area contributed by atoms with Gasteiger partial charge in [0.05, 0.1) is 19.6 Å². The van der Waals surface area contributed by atoms with E-state index >= 15 is 0 Å². The van der Waals surface area contributed by atoms with E-state index < -0.39 is 0 Å². The van der Waals surface area contributed by atoms with E-state index in [9.17, 15) is 4.79 Å². The molecule has 0 N–H and O–H groups in total. The van der Waals surface area contributed by atoms with E-state index in [2.05, 4.69) is 4.90 Å². The average molecular weight is 312 g/mol. The molecule has 1 fully saturated rings. The van der Waals surface area contributed by atoms with Crippen molar-refractivity contribution in [2.45, 2.75) is 26.3 Å². The Kier molecular flexibility index (Phi) is 5.88. The molecule has 5 heteroatoms. The first-order valence-corrected chi connectivity index (χ1v) is 7.73. The molecule has 1 saturated heterocycles. The van der Waals surface area contributed by atoms with Gasteiger partial charge in [-0.2, -0.15) is 0 Å². The molecule has 0 aliphatic carbocycles. The predicted octanol–water partition coefficient (Wildman–Crippen LogP) is 3.12. The van der Waals surface area contributed by atoms with Crippen LogP contribution >= 0.6 is 11.6 Å². The SMILES string of the molecule is CCOC(=O)[C@@H]1CCCN(Cc2cc(Cl)ccc2OC)C1. The topological polar surface area (TPSA) is 38.8 Å². The number of methoxy groups -OCH3 is 1. The first kappa shape index (κ1) is 16.1. The van der Waals surface area contributed by atoms with Crippen LogP contribution in [0.15, 0.2) is 18.2 Å². The first-order chi connectivity index (χ1) is 10.1. The van der Waals surface area contributed by atoms with E-state index in [1.54, 1.807) is 7.11 Å². The third kappa shape index (κ3) is 4.35. The standard InChI is InChI=1S/C16H22ClNO3/c1-3-21-16(19)12-5-4-8-18(10-12)11-13-9-14(17)6-7-15(13)20-2/h6-7,9,12H,3-5,8,10-11H2,1-2H3/t12-/m1/s1. The van der Waals surface area contributed by atoms with Crippen molar-refractivity contribution in [1.82, 2.24) is 4.90 Å². The normalized spacial score (nSPS) is 19.3. The lowest BCUT2D eigenvalue weighted by molar-refractivity contribution is -0.150. The third-order valence-corrected chi connectivity index (χ3v) is 4.00. The monoisotopic (exact) mass is 311 g/mol. The van der Waals surface area contributed by atoms with Crippen LogP contribution in [0.5, 0.6) is 5.75 Å². The molecule has 1 aliphatic rings. The van der Waals surface area contributed by atoms with Gasteiger partial charge in [0, 0.05) is 23.7 Å². The molecule has 0 amide bonds. The highest BCUT2D eigenvalue weighted by molar-refractivity contribution is 6.30. The van der Waals surface area contributed by atoms with Crippen LogP contribution in [-0.4, -0.2) is 37.7 Å². The zero-order valence-corrected chi connectivity index (χ0v) is 13.4. The van der Waals surface area contributed by atoms with Crippen LogP contribution in [0.2, 0.25) is 5.02 Å². The molecule has 0 aromatic heterocycles. The molecular formula is C16H22ClNO3. The largest absolute Gasteiger partial charge is 0.496 e. The van der Waals surface area contributed by atoms with Crippen LogP contribution in [-0.2, 0) is 16.1 Å². The number of likely N-dealkylation sites (tertiary alicyclic amines) is 1. The zero-order chi connectivity index (χ0) is 15.2. The quantitative estimate of drug-likeness (QED) is 0.783. The van der Waals surface area contributed by atoms with Crippen molar-refractivity contribution in [1.29, 1.82) is 0 Å². The number of hydrogen-bond donors (Lipinski definition) is 0. The smallest absolute Gasteiger partial charge is 0.310 e. The Morgan fingerprint density at radius 3 is 3.00 bits per heavy atom. The molecule has 1 aromatic carbocycles. The second-order valence-corrected chi connectivity index (χ2v) is 5.72. The molecule has 4 nitrogen and oxygen atoms in total. The van der Waals surface area contributed by atoms with Crippen molar-refractivity contribution in [3.8, 4) is 5.75 Å². The number of carbonyl (C=O) groups excluding carboxylic acids is 1. The fourth-order valence-corrected chi connectivity index (χ4v) is 2.96. The van der Waals surface area contributed by atoms with E-state index in [1.807, 2.05) is 25.1 Å². The number of esters is 1. The van der Waals surface area contributed by atoms with Crippen molar-refractivity contribution in [2.24, 2.45) is 5.92 Å². The number of hydrogen-bond acceptors (Lipinski definition) is 4. The lowest BCUT2D eigenvalue weighted by Gasteiger charge is -2.31. The summed E-state index contributed by atoms with van der Waals surface area (Å²) in [5.41, 5.74) is 1.05. The van der Waals surface area contributed by atoms with Crippen molar-refractivity contribution >= 4 is 17.6 Å². The second-order valence-electron chi connectivity index (χ2n) is 5.28. The van der Waals surface area contributed by atoms with Gasteiger partial charge < -0.3 is 9.47 Å². The van der Waals surface area contributed by atoms with Gasteiger partial charge in [-0.3, -0.25) is 9.69 Å². The summed E-state index contributed by atoms with van der Waals surface area (Å²) in [5.74, 6) is 0.724. The molecule has 0 bridgehead atoms. The van der Waals surface area contributed by atoms with Gasteiger partial charge in [0.15, 0.2) is 0 Å². The molecular weight excluding hydrogens is 290 g/mol. The summed E-state index contributed by atoms with van der Waals surface area (Å²) in [6.45, 7) is 4.73. The van der Waals surface area contributed by atoms with Gasteiger partial charge in [-0.1, -0.05) is 11.6 Å². The van der Waals surface area contributed by atoms with Crippen molar-refractivity contribution in [2.75, 3.05) is 26.8 Å². The Labute approximate surface area is 131 Å². The van der Waals surface area contributed by atoms with E-state index in [1.165, 1.54) is 0 Å². The van der Waals surface area contributed by atoms with Crippen molar-refractivity contribution in [3.05, 3.63) is 28.8 Å². The van der Waals surface area contributed by atoms with Crippen LogP contribution in [0.4, 0.5) is 0 Å². The van der Waals surface area contributed by atoms with Gasteiger partial charge in [0.1, 0.15) is 5.75 Å². The lowest BCUT2D eigenvalue weighted by Crippen LogP contribution is -2.39. The van der Waals surface area contributed by atoms with Gasteiger partial charge in [-0.15, -0.1) is 0 Å². The Morgan fingerprint density at radius 1 is 1.48 bits per heavy atom. The van der Waals surface area contributed by atoms with Crippen LogP contribution < -0.4 is 4.74 Å². The maximum Gasteiger partial charge on any atom is 0.310 e. The molecule has 1 aromatic rings. The highest BCUT2D eigenvalue weighted by Crippen LogP contribution is 2.26. The highest BCUT2D eigenvalue weighted by atomic mass is 35.5. The molecule has 1 aliphatic heterocycles. The maximum atomic E-state index is 11.9. The van der Waals surface area contributed by atoms with Crippen LogP contribution in [0, 0.1) is 5.92 Å². The minimum atomic E-state index is -0.0831. The van der Waals surface area contributed by atoms with Gasteiger partial charge in [0.25, 0.3) is 0 Å². The number of halogens is 1. The summed E-state index contributed by atoms with van der Waals surface area (Å²) in [6.07, 6.45) is 1.91. The van der Waals surface area contributed by atoms with Crippen LogP contribution in [0.25, 0.3) is 0 Å². The summed E-state index contributed by atoms with van der Waals surface area (Å²) in [6, 6.07) is 5.63. The molecule has 1 atom stereocenters. The Hall–Kier alpha value is -1.26. The summed E-state index contributed by atoms with van der Waals surface area (Å²) in [5, 5.41) is 0.699. The van der Waals surface area contributed by atoms with Gasteiger partial charge in [-0.05, 0) is 44.5 Å². The first-order valence-electron chi connectivity index (χ1n) is 7.35. The van der Waals surface area contributed by atoms with E-state index in [-0.39, 0.29) is 11.9 Å². The molecule has 0 saturated carbocycles. The Morgan fingerprint density at radius 2 is 2.29 bits per heavy atom. The van der Waals surface area contributed by atoms with Gasteiger partial charge in [-0.25, -0.2) is 0 Å². The van der Waals surface area contributed by atoms with E-state index in [0.717, 1.165) is 43.8 Å². The number of ether oxygens (including phenoxy) is 2. The number of carbonyl (C=O) groups is 1. The predicted molar refractivity (Wildman–Crippen MR) is 82.6 cm³/mol. The molecule has 21 heavy (non-hydrogen) atoms. The Bertz CT molecular complexity index is 492. The average Bonchev–Trinajstić information content (AvgIpc) is 2.48. The molecule has 2 rings (SSSR count). The molecule has 0 radical (unpaired) electrons. The number of nitrogens with zero attached hydrogens (tertiary/aromatic N) is 1. The molecule has 0 spiro atoms. The Balaban J connectivity index is 2.02. The van der Waals surface area contributed by atoms with Crippen molar-refractivity contribution in [3.63, 3.8) is 0 Å². The lowest BCUT2D eigenvalue weighted by atomic mass is 9.97. The number of piperidine rings is 1. The second kappa shape index (κ2) is 7.66. The van der Waals surface area contributed by atoms with Gasteiger partial charge >= 0.3 is 5.97 Å². The highest BCUT2D eigenvalue weighted by Gasteiger charge is 2.27. The maximum absolute atomic E-state index is 11.9. The summed E-state index contributed by atoms with van der Waals surface area (Å²) in [7, 11) is 1.66. The number of benzene rings is 1. The fraction of sp³-hybridized carbons (Fsp3) is 0.562. The zero-order valence-electron chi connectivity index (χ0n) is 12.6. The minimum Gasteiger partial charge on any atom is -0.496 e. The molecule has 0 unspecified atom stereocenters. The van der Waals surface area contributed by atoms with E-state index in [4.69, 9.17) is 21.1 Å². The molecule has 1 heterocycles. The summed E-state index contributed by atoms with van der Waals surface area (Å²) in [4.78, 5) is 14.1. The minimum absolute atomic E-state index is 0.0242. The molecule has 116 valence electrons.